The number of nitrogens with two attached hydrogens (primary N) is 1. The summed E-state index contributed by atoms with van der Waals surface area (Å²) in [4.78, 5) is 8.53. The van der Waals surface area contributed by atoms with Crippen LogP contribution in [0.5, 0.6) is 11.5 Å². The van der Waals surface area contributed by atoms with Crippen LogP contribution >= 0.6 is 12.2 Å². The molecule has 1 aromatic heterocycles. The van der Waals surface area contributed by atoms with E-state index in [1.165, 1.54) is 0 Å². The first-order valence-corrected chi connectivity index (χ1v) is 5.93. The number of hydrogen-bond donors (Lipinski definition) is 2. The molecular formula is C12H10N4O2S. The van der Waals surface area contributed by atoms with Gasteiger partial charge < -0.3 is 20.5 Å². The fourth-order valence-electron chi connectivity index (χ4n) is 1.66. The molecule has 7 heteroatoms. The Balaban J connectivity index is 1.85. The van der Waals surface area contributed by atoms with Crippen LogP contribution in [0, 0.1) is 0 Å². The number of rotatable bonds is 3. The molecular weight excluding hydrogens is 264 g/mol. The number of fused-ring (bicyclic) bond motifs is 1. The standard InChI is InChI=1S/C12H10N4O2S/c13-11(19)8-3-4-14-12(16-8)15-7-1-2-9-10(5-7)18-6-17-9/h1-5H,6H2,(H2,13,19)(H,14,15,16). The molecule has 0 unspecified atom stereocenters. The van der Waals surface area contributed by atoms with Gasteiger partial charge in [-0.25, -0.2) is 9.97 Å². The van der Waals surface area contributed by atoms with Gasteiger partial charge in [0.15, 0.2) is 11.5 Å². The second-order valence-electron chi connectivity index (χ2n) is 3.82. The van der Waals surface area contributed by atoms with E-state index >= 15 is 0 Å². The van der Waals surface area contributed by atoms with Gasteiger partial charge in [0.25, 0.3) is 0 Å². The lowest BCUT2D eigenvalue weighted by atomic mass is 10.3. The van der Waals surface area contributed by atoms with Crippen molar-refractivity contribution >= 4 is 28.8 Å². The minimum Gasteiger partial charge on any atom is -0.454 e. The van der Waals surface area contributed by atoms with Crippen molar-refractivity contribution in [3.8, 4) is 11.5 Å². The van der Waals surface area contributed by atoms with E-state index in [4.69, 9.17) is 27.4 Å². The zero-order valence-corrected chi connectivity index (χ0v) is 10.6. The Bertz CT molecular complexity index is 647. The Morgan fingerprint density at radius 2 is 2.11 bits per heavy atom. The van der Waals surface area contributed by atoms with Crippen molar-refractivity contribution in [2.24, 2.45) is 5.73 Å². The number of nitrogens with one attached hydrogen (secondary N) is 1. The molecule has 2 aromatic rings. The quantitative estimate of drug-likeness (QED) is 0.822. The van der Waals surface area contributed by atoms with Gasteiger partial charge in [0.05, 0.1) is 0 Å². The first-order valence-electron chi connectivity index (χ1n) is 5.52. The highest BCUT2D eigenvalue weighted by molar-refractivity contribution is 7.80. The first-order chi connectivity index (χ1) is 9.22. The number of benzene rings is 1. The number of ether oxygens (including phenoxy) is 2. The van der Waals surface area contributed by atoms with Gasteiger partial charge in [-0.15, -0.1) is 0 Å². The maximum Gasteiger partial charge on any atom is 0.231 e. The Hall–Kier alpha value is -2.41. The van der Waals surface area contributed by atoms with E-state index in [2.05, 4.69) is 15.3 Å². The monoisotopic (exact) mass is 274 g/mol. The largest absolute Gasteiger partial charge is 0.454 e. The summed E-state index contributed by atoms with van der Waals surface area (Å²) in [5.74, 6) is 1.84. The van der Waals surface area contributed by atoms with E-state index < -0.39 is 0 Å². The van der Waals surface area contributed by atoms with E-state index in [1.807, 2.05) is 18.2 Å². The minimum atomic E-state index is 0.233. The van der Waals surface area contributed by atoms with E-state index in [0.717, 1.165) is 11.4 Å². The predicted molar refractivity (Wildman–Crippen MR) is 73.8 cm³/mol. The fourth-order valence-corrected chi connectivity index (χ4v) is 1.77. The predicted octanol–water partition coefficient (Wildman–Crippen LogP) is 1.58. The molecule has 0 atom stereocenters. The van der Waals surface area contributed by atoms with Crippen LogP contribution in [0.1, 0.15) is 5.69 Å². The molecule has 1 aliphatic rings. The fraction of sp³-hybridized carbons (Fsp3) is 0.0833. The normalized spacial score (nSPS) is 12.2. The molecule has 0 radical (unpaired) electrons. The molecule has 3 N–H and O–H groups in total. The Morgan fingerprint density at radius 1 is 1.26 bits per heavy atom. The molecule has 6 nitrogen and oxygen atoms in total. The number of nitrogens with zero attached hydrogens (tertiary/aromatic N) is 2. The SMILES string of the molecule is NC(=S)c1ccnc(Nc2ccc3c(c2)OCO3)n1. The van der Waals surface area contributed by atoms with Gasteiger partial charge in [0.1, 0.15) is 10.7 Å². The van der Waals surface area contributed by atoms with Crippen molar-refractivity contribution in [1.82, 2.24) is 9.97 Å². The van der Waals surface area contributed by atoms with Crippen molar-refractivity contribution in [2.75, 3.05) is 12.1 Å². The molecule has 1 aromatic carbocycles. The second kappa shape index (κ2) is 4.69. The number of anilines is 2. The highest BCUT2D eigenvalue weighted by Gasteiger charge is 2.13. The summed E-state index contributed by atoms with van der Waals surface area (Å²) in [6.07, 6.45) is 1.59. The van der Waals surface area contributed by atoms with Crippen molar-refractivity contribution in [3.05, 3.63) is 36.2 Å². The minimum absolute atomic E-state index is 0.233. The summed E-state index contributed by atoms with van der Waals surface area (Å²) >= 11 is 4.87. The van der Waals surface area contributed by atoms with Gasteiger partial charge in [-0.2, -0.15) is 0 Å². The van der Waals surface area contributed by atoms with Crippen molar-refractivity contribution in [3.63, 3.8) is 0 Å². The smallest absolute Gasteiger partial charge is 0.231 e. The molecule has 96 valence electrons. The lowest BCUT2D eigenvalue weighted by molar-refractivity contribution is 0.174. The van der Waals surface area contributed by atoms with Crippen LogP contribution < -0.4 is 20.5 Å². The van der Waals surface area contributed by atoms with Crippen LogP contribution in [0.4, 0.5) is 11.6 Å². The van der Waals surface area contributed by atoms with Crippen molar-refractivity contribution in [1.29, 1.82) is 0 Å². The first kappa shape index (κ1) is 11.7. The molecule has 3 rings (SSSR count). The molecule has 0 spiro atoms. The molecule has 1 aliphatic heterocycles. The van der Waals surface area contributed by atoms with E-state index in [9.17, 15) is 0 Å². The van der Waals surface area contributed by atoms with Crippen molar-refractivity contribution < 1.29 is 9.47 Å². The zero-order valence-electron chi connectivity index (χ0n) is 9.79. The van der Waals surface area contributed by atoms with Gasteiger partial charge >= 0.3 is 0 Å². The molecule has 0 bridgehead atoms. The van der Waals surface area contributed by atoms with Crippen LogP contribution in [0.25, 0.3) is 0 Å². The summed E-state index contributed by atoms with van der Waals surface area (Å²) in [5.41, 5.74) is 6.84. The van der Waals surface area contributed by atoms with Crippen molar-refractivity contribution in [2.45, 2.75) is 0 Å². The number of thiocarbonyl (C=S) groups is 1. The Kier molecular flexibility index (Phi) is 2.88. The summed E-state index contributed by atoms with van der Waals surface area (Å²) in [6, 6.07) is 7.15. The highest BCUT2D eigenvalue weighted by Crippen LogP contribution is 2.34. The zero-order chi connectivity index (χ0) is 13.2. The molecule has 0 saturated carbocycles. The molecule has 19 heavy (non-hydrogen) atoms. The van der Waals surface area contributed by atoms with E-state index in [1.54, 1.807) is 12.3 Å². The third-order valence-corrected chi connectivity index (χ3v) is 2.75. The Labute approximate surface area is 114 Å². The third kappa shape index (κ3) is 2.41. The molecule has 2 heterocycles. The maximum atomic E-state index is 5.53. The molecule has 0 fully saturated rings. The molecule has 0 amide bonds. The lowest BCUT2D eigenvalue weighted by Gasteiger charge is -2.06. The number of hydrogen-bond acceptors (Lipinski definition) is 6. The summed E-state index contributed by atoms with van der Waals surface area (Å²) in [5, 5.41) is 3.06. The van der Waals surface area contributed by atoms with Crippen LogP contribution in [-0.4, -0.2) is 21.7 Å². The van der Waals surface area contributed by atoms with Gasteiger partial charge in [0, 0.05) is 18.0 Å². The topological polar surface area (TPSA) is 82.3 Å². The average Bonchev–Trinajstić information content (AvgIpc) is 2.86. The summed E-state index contributed by atoms with van der Waals surface area (Å²) in [6.45, 7) is 0.242. The summed E-state index contributed by atoms with van der Waals surface area (Å²) < 4.78 is 10.5. The molecule has 0 saturated heterocycles. The van der Waals surface area contributed by atoms with E-state index in [-0.39, 0.29) is 11.8 Å². The third-order valence-electron chi connectivity index (χ3n) is 2.54. The lowest BCUT2D eigenvalue weighted by Crippen LogP contribution is -2.12. The molecule has 0 aliphatic carbocycles. The van der Waals surface area contributed by atoms with Crippen LogP contribution in [0.2, 0.25) is 0 Å². The van der Waals surface area contributed by atoms with Gasteiger partial charge in [-0.1, -0.05) is 12.2 Å². The van der Waals surface area contributed by atoms with Gasteiger partial charge in [-0.3, -0.25) is 0 Å². The summed E-state index contributed by atoms with van der Waals surface area (Å²) in [7, 11) is 0. The van der Waals surface area contributed by atoms with Gasteiger partial charge in [0.2, 0.25) is 12.7 Å². The maximum absolute atomic E-state index is 5.53. The van der Waals surface area contributed by atoms with Gasteiger partial charge in [-0.05, 0) is 18.2 Å². The Morgan fingerprint density at radius 3 is 2.95 bits per heavy atom. The second-order valence-corrected chi connectivity index (χ2v) is 4.26. The van der Waals surface area contributed by atoms with E-state index in [0.29, 0.717) is 17.4 Å². The number of aromatic nitrogens is 2. The van der Waals surface area contributed by atoms with Crippen LogP contribution in [0.3, 0.4) is 0 Å². The van der Waals surface area contributed by atoms with Crippen LogP contribution in [0.15, 0.2) is 30.5 Å². The average molecular weight is 274 g/mol. The highest BCUT2D eigenvalue weighted by atomic mass is 32.1. The van der Waals surface area contributed by atoms with Crippen LogP contribution in [-0.2, 0) is 0 Å².